The Bertz CT molecular complexity index is 1380. The van der Waals surface area contributed by atoms with E-state index < -0.39 is 0 Å². The molecule has 0 spiro atoms. The fourth-order valence-electron chi connectivity index (χ4n) is 4.61. The monoisotopic (exact) mass is 469 g/mol. The van der Waals surface area contributed by atoms with Crippen molar-refractivity contribution in [1.29, 1.82) is 0 Å². The van der Waals surface area contributed by atoms with Crippen molar-refractivity contribution in [3.8, 4) is 11.4 Å². The molecule has 1 N–H and O–H groups in total. The van der Waals surface area contributed by atoms with Crippen molar-refractivity contribution < 1.29 is 14.4 Å². The fourth-order valence-corrected chi connectivity index (χ4v) is 4.61. The molecule has 1 aliphatic heterocycles. The Kier molecular flexibility index (Phi) is 6.59. The molecule has 1 saturated heterocycles. The summed E-state index contributed by atoms with van der Waals surface area (Å²) in [6, 6.07) is 24.8. The topological polar surface area (TPSA) is 68.9 Å². The first kappa shape index (κ1) is 22.8. The number of ether oxygens (including phenoxy) is 1. The summed E-state index contributed by atoms with van der Waals surface area (Å²) in [5.41, 5.74) is 1.95. The van der Waals surface area contributed by atoms with Crippen LogP contribution < -0.4 is 15.2 Å². The minimum atomic E-state index is -0.251. The average Bonchev–Trinajstić information content (AvgIpc) is 2.91. The Morgan fingerprint density at radius 2 is 1.57 bits per heavy atom. The molecule has 2 heterocycles. The molecular formula is C28H29N4O3+. The van der Waals surface area contributed by atoms with Gasteiger partial charge in [0.1, 0.15) is 12.3 Å². The lowest BCUT2D eigenvalue weighted by Gasteiger charge is -2.32. The lowest BCUT2D eigenvalue weighted by atomic mass is 10.1. The summed E-state index contributed by atoms with van der Waals surface area (Å²) in [6.07, 6.45) is 0. The van der Waals surface area contributed by atoms with Crippen LogP contribution in [0.15, 0.2) is 83.7 Å². The SMILES string of the molecule is CCOc1ccc(-n2nc(C(=O)N3CC[NH+](Cc4ccccc4)CC3)c3ccccc3c2=O)cc1. The third-order valence-corrected chi connectivity index (χ3v) is 6.45. The first-order valence-corrected chi connectivity index (χ1v) is 12.1. The summed E-state index contributed by atoms with van der Waals surface area (Å²) in [5.74, 6) is 0.580. The standard InChI is InChI=1S/C28H28N4O3/c1-2-35-23-14-12-22(13-15-23)32-27(33)25-11-7-6-10-24(25)26(29-32)28(34)31-18-16-30(17-19-31)20-21-8-4-3-5-9-21/h3-15H,2,16-20H2,1H3/p+1. The Labute approximate surface area is 204 Å². The van der Waals surface area contributed by atoms with E-state index in [2.05, 4.69) is 29.4 Å². The van der Waals surface area contributed by atoms with E-state index in [1.807, 2.05) is 30.0 Å². The number of aromatic nitrogens is 2. The van der Waals surface area contributed by atoms with Gasteiger partial charge in [-0.05, 0) is 37.3 Å². The molecule has 5 rings (SSSR count). The average molecular weight is 470 g/mol. The highest BCUT2D eigenvalue weighted by molar-refractivity contribution is 6.04. The second-order valence-electron chi connectivity index (χ2n) is 8.74. The number of piperazine rings is 1. The number of hydrogen-bond donors (Lipinski definition) is 1. The van der Waals surface area contributed by atoms with Crippen LogP contribution >= 0.6 is 0 Å². The number of rotatable bonds is 6. The molecule has 3 aromatic carbocycles. The van der Waals surface area contributed by atoms with Crippen molar-refractivity contribution >= 4 is 16.7 Å². The van der Waals surface area contributed by atoms with Gasteiger partial charge in [0, 0.05) is 10.9 Å². The number of nitrogens with one attached hydrogen (secondary N) is 1. The predicted molar refractivity (Wildman–Crippen MR) is 135 cm³/mol. The van der Waals surface area contributed by atoms with Gasteiger partial charge >= 0.3 is 0 Å². The predicted octanol–water partition coefficient (Wildman–Crippen LogP) is 2.33. The molecule has 1 aliphatic rings. The molecule has 1 fully saturated rings. The largest absolute Gasteiger partial charge is 0.494 e. The van der Waals surface area contributed by atoms with E-state index >= 15 is 0 Å². The normalized spacial score (nSPS) is 14.3. The van der Waals surface area contributed by atoms with E-state index in [1.165, 1.54) is 15.1 Å². The maximum Gasteiger partial charge on any atom is 0.279 e. The number of benzene rings is 3. The maximum absolute atomic E-state index is 13.6. The third-order valence-electron chi connectivity index (χ3n) is 6.45. The van der Waals surface area contributed by atoms with Crippen LogP contribution in [0.1, 0.15) is 23.0 Å². The zero-order valence-electron chi connectivity index (χ0n) is 19.8. The van der Waals surface area contributed by atoms with E-state index in [0.717, 1.165) is 25.4 Å². The summed E-state index contributed by atoms with van der Waals surface area (Å²) >= 11 is 0. The summed E-state index contributed by atoms with van der Waals surface area (Å²) in [7, 11) is 0. The summed E-state index contributed by atoms with van der Waals surface area (Å²) < 4.78 is 6.84. The van der Waals surface area contributed by atoms with Gasteiger partial charge in [-0.3, -0.25) is 9.59 Å². The second-order valence-corrected chi connectivity index (χ2v) is 8.74. The number of hydrogen-bond acceptors (Lipinski definition) is 4. The molecule has 178 valence electrons. The molecule has 1 amide bonds. The van der Waals surface area contributed by atoms with E-state index in [0.29, 0.717) is 41.9 Å². The van der Waals surface area contributed by atoms with E-state index in [4.69, 9.17) is 4.74 Å². The van der Waals surface area contributed by atoms with Crippen molar-refractivity contribution in [1.82, 2.24) is 14.7 Å². The van der Waals surface area contributed by atoms with E-state index in [9.17, 15) is 9.59 Å². The molecule has 0 saturated carbocycles. The molecular weight excluding hydrogens is 440 g/mol. The zero-order chi connectivity index (χ0) is 24.2. The van der Waals surface area contributed by atoms with Crippen LogP contribution in [-0.4, -0.2) is 53.4 Å². The Morgan fingerprint density at radius 1 is 0.914 bits per heavy atom. The zero-order valence-corrected chi connectivity index (χ0v) is 19.8. The van der Waals surface area contributed by atoms with Crippen LogP contribution in [0.25, 0.3) is 16.5 Å². The van der Waals surface area contributed by atoms with Crippen molar-refractivity contribution in [2.75, 3.05) is 32.8 Å². The van der Waals surface area contributed by atoms with E-state index in [-0.39, 0.29) is 11.5 Å². The van der Waals surface area contributed by atoms with Gasteiger partial charge in [0.2, 0.25) is 0 Å². The van der Waals surface area contributed by atoms with Crippen molar-refractivity contribution in [3.63, 3.8) is 0 Å². The van der Waals surface area contributed by atoms with Crippen LogP contribution in [-0.2, 0) is 6.54 Å². The number of nitrogens with zero attached hydrogens (tertiary/aromatic N) is 3. The molecule has 4 aromatic rings. The van der Waals surface area contributed by atoms with Gasteiger partial charge in [0.05, 0.1) is 43.9 Å². The highest BCUT2D eigenvalue weighted by Crippen LogP contribution is 2.19. The van der Waals surface area contributed by atoms with Gasteiger partial charge in [-0.2, -0.15) is 9.78 Å². The molecule has 7 nitrogen and oxygen atoms in total. The van der Waals surface area contributed by atoms with Gasteiger partial charge in [-0.1, -0.05) is 48.5 Å². The first-order chi connectivity index (χ1) is 17.1. The smallest absolute Gasteiger partial charge is 0.279 e. The number of fused-ring (bicyclic) bond motifs is 1. The highest BCUT2D eigenvalue weighted by Gasteiger charge is 2.27. The van der Waals surface area contributed by atoms with Crippen LogP contribution in [0.3, 0.4) is 0 Å². The van der Waals surface area contributed by atoms with Gasteiger partial charge in [-0.15, -0.1) is 0 Å². The fraction of sp³-hybridized carbons (Fsp3) is 0.250. The van der Waals surface area contributed by atoms with Crippen LogP contribution in [0, 0.1) is 0 Å². The molecule has 0 radical (unpaired) electrons. The van der Waals surface area contributed by atoms with Gasteiger partial charge in [-0.25, -0.2) is 0 Å². The molecule has 1 aromatic heterocycles. The molecule has 35 heavy (non-hydrogen) atoms. The summed E-state index contributed by atoms with van der Waals surface area (Å²) in [5, 5.41) is 5.64. The number of amides is 1. The number of carbonyl (C=O) groups excluding carboxylic acids is 1. The van der Waals surface area contributed by atoms with Crippen LogP contribution in [0.5, 0.6) is 5.75 Å². The highest BCUT2D eigenvalue weighted by atomic mass is 16.5. The lowest BCUT2D eigenvalue weighted by molar-refractivity contribution is -0.917. The Morgan fingerprint density at radius 3 is 2.26 bits per heavy atom. The number of carbonyl (C=O) groups is 1. The van der Waals surface area contributed by atoms with Crippen molar-refractivity contribution in [2.24, 2.45) is 0 Å². The van der Waals surface area contributed by atoms with Crippen molar-refractivity contribution in [2.45, 2.75) is 13.5 Å². The van der Waals surface area contributed by atoms with Gasteiger partial charge in [0.25, 0.3) is 11.5 Å². The van der Waals surface area contributed by atoms with Crippen LogP contribution in [0.2, 0.25) is 0 Å². The first-order valence-electron chi connectivity index (χ1n) is 12.1. The molecule has 7 heteroatoms. The van der Waals surface area contributed by atoms with Crippen LogP contribution in [0.4, 0.5) is 0 Å². The summed E-state index contributed by atoms with van der Waals surface area (Å²) in [6.45, 7) is 6.48. The minimum absolute atomic E-state index is 0.139. The van der Waals surface area contributed by atoms with E-state index in [1.54, 1.807) is 36.4 Å². The Hall–Kier alpha value is -3.97. The Balaban J connectivity index is 1.42. The number of quaternary nitrogens is 1. The van der Waals surface area contributed by atoms with Gasteiger partial charge in [0.15, 0.2) is 5.69 Å². The van der Waals surface area contributed by atoms with Crippen molar-refractivity contribution in [3.05, 3.63) is 100 Å². The molecule has 0 bridgehead atoms. The third kappa shape index (κ3) is 4.81. The molecule has 0 atom stereocenters. The summed E-state index contributed by atoms with van der Waals surface area (Å²) in [4.78, 5) is 30.2. The quantitative estimate of drug-likeness (QED) is 0.471. The lowest BCUT2D eigenvalue weighted by Crippen LogP contribution is -3.13. The molecule has 0 aliphatic carbocycles. The molecule has 0 unspecified atom stereocenters. The van der Waals surface area contributed by atoms with Gasteiger partial charge < -0.3 is 14.5 Å². The minimum Gasteiger partial charge on any atom is -0.494 e. The second kappa shape index (κ2) is 10.1. The maximum atomic E-state index is 13.6.